The standard InChI is InChI=1S/C15H13ClN4O5/c1-18-12-11(13(24)19(2)15(18)25)20(14(16)17-12)6-10(23)8-4-3-7(21)5-9(8)22/h3-5,21-22H,6H2,1-2H3. The summed E-state index contributed by atoms with van der Waals surface area (Å²) in [4.78, 5) is 40.8. The Labute approximate surface area is 145 Å². The Balaban J connectivity index is 2.17. The second kappa shape index (κ2) is 5.78. The fourth-order valence-electron chi connectivity index (χ4n) is 2.55. The van der Waals surface area contributed by atoms with Gasteiger partial charge in [0.2, 0.25) is 5.28 Å². The molecule has 2 N–H and O–H groups in total. The van der Waals surface area contributed by atoms with E-state index in [1.165, 1.54) is 30.8 Å². The van der Waals surface area contributed by atoms with Crippen LogP contribution in [-0.2, 0) is 20.6 Å². The van der Waals surface area contributed by atoms with Crippen LogP contribution in [0.5, 0.6) is 11.5 Å². The molecule has 0 aliphatic heterocycles. The van der Waals surface area contributed by atoms with Gasteiger partial charge in [0.05, 0.1) is 12.1 Å². The second-order valence-electron chi connectivity index (χ2n) is 5.47. The maximum atomic E-state index is 12.5. The summed E-state index contributed by atoms with van der Waals surface area (Å²) in [5.74, 6) is -1.13. The number of aromatic nitrogens is 4. The minimum atomic E-state index is -0.639. The Morgan fingerprint density at radius 2 is 1.88 bits per heavy atom. The molecule has 130 valence electrons. The molecular weight excluding hydrogens is 352 g/mol. The molecule has 2 aromatic heterocycles. The molecule has 0 aliphatic carbocycles. The van der Waals surface area contributed by atoms with Crippen LogP contribution in [-0.4, -0.2) is 34.7 Å². The van der Waals surface area contributed by atoms with E-state index < -0.39 is 22.8 Å². The lowest BCUT2D eigenvalue weighted by Gasteiger charge is -2.08. The Hall–Kier alpha value is -3.07. The van der Waals surface area contributed by atoms with E-state index in [4.69, 9.17) is 11.6 Å². The molecule has 0 bridgehead atoms. The number of imidazole rings is 1. The fourth-order valence-corrected chi connectivity index (χ4v) is 2.77. The molecule has 0 fully saturated rings. The van der Waals surface area contributed by atoms with Crippen LogP contribution < -0.4 is 11.2 Å². The molecular formula is C15H13ClN4O5. The van der Waals surface area contributed by atoms with Crippen molar-refractivity contribution in [2.45, 2.75) is 6.54 Å². The number of halogens is 1. The molecule has 0 aliphatic rings. The highest BCUT2D eigenvalue weighted by Gasteiger charge is 2.21. The number of Topliss-reactive ketones (excluding diaryl/α,β-unsaturated/α-hetero) is 1. The quantitative estimate of drug-likeness (QED) is 0.512. The predicted octanol–water partition coefficient (Wildman–Crippen LogP) is 0.381. The van der Waals surface area contributed by atoms with Crippen molar-refractivity contribution in [1.29, 1.82) is 0 Å². The first kappa shape index (κ1) is 16.8. The zero-order valence-corrected chi connectivity index (χ0v) is 14.0. The van der Waals surface area contributed by atoms with Gasteiger partial charge in [-0.3, -0.25) is 18.7 Å². The highest BCUT2D eigenvalue weighted by atomic mass is 35.5. The lowest BCUT2D eigenvalue weighted by atomic mass is 10.1. The summed E-state index contributed by atoms with van der Waals surface area (Å²) in [5.41, 5.74) is -1.19. The Morgan fingerprint density at radius 1 is 1.20 bits per heavy atom. The van der Waals surface area contributed by atoms with Gasteiger partial charge in [-0.1, -0.05) is 0 Å². The summed E-state index contributed by atoms with van der Waals surface area (Å²) in [6, 6.07) is 3.54. The van der Waals surface area contributed by atoms with Crippen LogP contribution in [0.25, 0.3) is 11.2 Å². The van der Waals surface area contributed by atoms with Gasteiger partial charge >= 0.3 is 5.69 Å². The largest absolute Gasteiger partial charge is 0.508 e. The zero-order valence-electron chi connectivity index (χ0n) is 13.2. The molecule has 0 radical (unpaired) electrons. The summed E-state index contributed by atoms with van der Waals surface area (Å²) in [5, 5.41) is 19.0. The number of aryl methyl sites for hydroxylation is 1. The van der Waals surface area contributed by atoms with Crippen molar-refractivity contribution < 1.29 is 15.0 Å². The van der Waals surface area contributed by atoms with Gasteiger partial charge in [-0.15, -0.1) is 0 Å². The lowest BCUT2D eigenvalue weighted by molar-refractivity contribution is 0.0970. The number of phenolic OH excluding ortho intramolecular Hbond substituents is 2. The maximum absolute atomic E-state index is 12.5. The number of hydrogen-bond acceptors (Lipinski definition) is 6. The number of rotatable bonds is 3. The number of carbonyl (C=O) groups is 1. The number of fused-ring (bicyclic) bond motifs is 1. The van der Waals surface area contributed by atoms with Crippen molar-refractivity contribution >= 4 is 28.5 Å². The van der Waals surface area contributed by atoms with Gasteiger partial charge in [-0.25, -0.2) is 4.79 Å². The van der Waals surface area contributed by atoms with Crippen LogP contribution in [0.15, 0.2) is 27.8 Å². The van der Waals surface area contributed by atoms with E-state index in [-0.39, 0.29) is 34.3 Å². The van der Waals surface area contributed by atoms with E-state index in [1.807, 2.05) is 0 Å². The number of nitrogens with zero attached hydrogens (tertiary/aromatic N) is 4. The minimum absolute atomic E-state index is 0.00113. The Morgan fingerprint density at radius 3 is 2.52 bits per heavy atom. The van der Waals surface area contributed by atoms with E-state index in [2.05, 4.69) is 4.98 Å². The topological polar surface area (TPSA) is 119 Å². The van der Waals surface area contributed by atoms with Crippen molar-refractivity contribution in [2.75, 3.05) is 0 Å². The molecule has 2 heterocycles. The summed E-state index contributed by atoms with van der Waals surface area (Å²) in [6.45, 7) is -0.374. The van der Waals surface area contributed by atoms with Gasteiger partial charge in [0.15, 0.2) is 16.9 Å². The second-order valence-corrected chi connectivity index (χ2v) is 5.81. The van der Waals surface area contributed by atoms with Crippen LogP contribution in [0.2, 0.25) is 5.28 Å². The van der Waals surface area contributed by atoms with E-state index >= 15 is 0 Å². The molecule has 3 aromatic rings. The highest BCUT2D eigenvalue weighted by Crippen LogP contribution is 2.24. The average Bonchev–Trinajstić information content (AvgIpc) is 2.87. The molecule has 0 saturated carbocycles. The summed E-state index contributed by atoms with van der Waals surface area (Å²) in [6.07, 6.45) is 0. The van der Waals surface area contributed by atoms with Crippen molar-refractivity contribution in [3.8, 4) is 11.5 Å². The lowest BCUT2D eigenvalue weighted by Crippen LogP contribution is -2.37. The molecule has 0 unspecified atom stereocenters. The van der Waals surface area contributed by atoms with E-state index in [9.17, 15) is 24.6 Å². The average molecular weight is 365 g/mol. The third kappa shape index (κ3) is 2.58. The van der Waals surface area contributed by atoms with E-state index in [0.717, 1.165) is 15.2 Å². The Bertz CT molecular complexity index is 1140. The van der Waals surface area contributed by atoms with Crippen LogP contribution >= 0.6 is 11.6 Å². The third-order valence-corrected chi connectivity index (χ3v) is 4.17. The van der Waals surface area contributed by atoms with Crippen LogP contribution in [0.3, 0.4) is 0 Å². The third-order valence-electron chi connectivity index (χ3n) is 3.88. The summed E-state index contributed by atoms with van der Waals surface area (Å²) < 4.78 is 3.22. The number of benzene rings is 1. The summed E-state index contributed by atoms with van der Waals surface area (Å²) >= 11 is 6.05. The van der Waals surface area contributed by atoms with Gasteiger partial charge in [-0.05, 0) is 23.7 Å². The van der Waals surface area contributed by atoms with E-state index in [1.54, 1.807) is 0 Å². The van der Waals surface area contributed by atoms with Gasteiger partial charge < -0.3 is 14.8 Å². The highest BCUT2D eigenvalue weighted by molar-refractivity contribution is 6.29. The number of carbonyl (C=O) groups excluding carboxylic acids is 1. The molecule has 1 aromatic carbocycles. The SMILES string of the molecule is Cn1c(=O)c2c(nc(Cl)n2CC(=O)c2ccc(O)cc2O)n(C)c1=O. The van der Waals surface area contributed by atoms with Crippen LogP contribution in [0.4, 0.5) is 0 Å². The first-order chi connectivity index (χ1) is 11.7. The van der Waals surface area contributed by atoms with E-state index in [0.29, 0.717) is 0 Å². The van der Waals surface area contributed by atoms with Crippen molar-refractivity contribution in [3.05, 3.63) is 49.9 Å². The van der Waals surface area contributed by atoms with Crippen molar-refractivity contribution in [3.63, 3.8) is 0 Å². The first-order valence-electron chi connectivity index (χ1n) is 7.09. The molecule has 25 heavy (non-hydrogen) atoms. The number of phenols is 2. The number of hydrogen-bond donors (Lipinski definition) is 2. The van der Waals surface area contributed by atoms with Gasteiger partial charge in [0.1, 0.15) is 11.5 Å². The molecule has 0 saturated heterocycles. The minimum Gasteiger partial charge on any atom is -0.508 e. The molecule has 0 spiro atoms. The van der Waals surface area contributed by atoms with Crippen LogP contribution in [0.1, 0.15) is 10.4 Å². The molecule has 9 nitrogen and oxygen atoms in total. The monoisotopic (exact) mass is 364 g/mol. The zero-order chi connectivity index (χ0) is 18.5. The van der Waals surface area contributed by atoms with Crippen molar-refractivity contribution in [2.24, 2.45) is 14.1 Å². The number of ketones is 1. The molecule has 10 heteroatoms. The molecule has 0 atom stereocenters. The molecule has 0 amide bonds. The predicted molar refractivity (Wildman–Crippen MR) is 89.3 cm³/mol. The van der Waals surface area contributed by atoms with Gasteiger partial charge in [0.25, 0.3) is 5.56 Å². The van der Waals surface area contributed by atoms with Crippen LogP contribution in [0, 0.1) is 0 Å². The Kier molecular flexibility index (Phi) is 3.88. The van der Waals surface area contributed by atoms with Crippen molar-refractivity contribution in [1.82, 2.24) is 18.7 Å². The smallest absolute Gasteiger partial charge is 0.332 e. The molecule has 3 rings (SSSR count). The maximum Gasteiger partial charge on any atom is 0.332 e. The van der Waals surface area contributed by atoms with Gasteiger partial charge in [0, 0.05) is 20.2 Å². The first-order valence-corrected chi connectivity index (χ1v) is 7.47. The summed E-state index contributed by atoms with van der Waals surface area (Å²) in [7, 11) is 2.74. The number of aromatic hydroxyl groups is 2. The fraction of sp³-hybridized carbons (Fsp3) is 0.200. The normalized spacial score (nSPS) is 11.2. The van der Waals surface area contributed by atoms with Gasteiger partial charge in [-0.2, -0.15) is 4.98 Å².